The lowest BCUT2D eigenvalue weighted by molar-refractivity contribution is -0.140. The molecule has 0 spiro atoms. The number of carbonyl (C=O) groups is 2. The molecule has 0 radical (unpaired) electrons. The molecule has 3 aliphatic rings. The Kier molecular flexibility index (Phi) is 6.21. The maximum Gasteiger partial charge on any atom is 0.233 e. The largest absolute Gasteiger partial charge is 0.356 e. The Morgan fingerprint density at radius 1 is 1.00 bits per heavy atom. The zero-order valence-corrected chi connectivity index (χ0v) is 17.9. The van der Waals surface area contributed by atoms with Crippen molar-refractivity contribution < 1.29 is 9.59 Å². The van der Waals surface area contributed by atoms with Gasteiger partial charge in [0.25, 0.3) is 0 Å². The number of nitrogens with zero attached hydrogens (tertiary/aromatic N) is 2. The molecule has 1 aliphatic heterocycles. The summed E-state index contributed by atoms with van der Waals surface area (Å²) in [5, 5.41) is 6.61. The van der Waals surface area contributed by atoms with Gasteiger partial charge in [-0.25, -0.2) is 0 Å². The summed E-state index contributed by atoms with van der Waals surface area (Å²) in [7, 11) is 1.75. The molecule has 6 nitrogen and oxygen atoms in total. The van der Waals surface area contributed by atoms with Crippen LogP contribution in [-0.4, -0.2) is 49.4 Å². The number of benzene rings is 1. The van der Waals surface area contributed by atoms with Gasteiger partial charge in [-0.3, -0.25) is 19.5 Å². The topological polar surface area (TPSA) is 73.8 Å². The fourth-order valence-electron chi connectivity index (χ4n) is 5.12. The second kappa shape index (κ2) is 9.02. The molecular formula is C24H32N4O2. The van der Waals surface area contributed by atoms with E-state index in [0.29, 0.717) is 13.1 Å². The van der Waals surface area contributed by atoms with Gasteiger partial charge in [-0.2, -0.15) is 0 Å². The van der Waals surface area contributed by atoms with E-state index in [2.05, 4.69) is 59.0 Å². The van der Waals surface area contributed by atoms with E-state index in [-0.39, 0.29) is 35.5 Å². The average molecular weight is 409 g/mol. The van der Waals surface area contributed by atoms with Crippen LogP contribution in [0, 0.1) is 23.7 Å². The molecule has 2 aliphatic carbocycles. The zero-order chi connectivity index (χ0) is 21.1. The van der Waals surface area contributed by atoms with E-state index in [4.69, 9.17) is 0 Å². The van der Waals surface area contributed by atoms with E-state index in [1.165, 1.54) is 16.0 Å². The summed E-state index contributed by atoms with van der Waals surface area (Å²) in [6.45, 7) is 4.11. The number of rotatable bonds is 8. The third-order valence-electron chi connectivity index (χ3n) is 6.77. The van der Waals surface area contributed by atoms with Crippen molar-refractivity contribution in [3.8, 4) is 0 Å². The molecule has 30 heavy (non-hydrogen) atoms. The summed E-state index contributed by atoms with van der Waals surface area (Å²) >= 11 is 0. The summed E-state index contributed by atoms with van der Waals surface area (Å²) in [6.07, 6.45) is 7.96. The van der Waals surface area contributed by atoms with Gasteiger partial charge in [0.15, 0.2) is 5.96 Å². The number of allylic oxidation sites excluding steroid dienone is 2. The first-order valence-corrected chi connectivity index (χ1v) is 11.2. The SMILES string of the molecule is CCc1ccc(CCNC(=NC)NCCCN2C(=O)C3C4C=CC(C4)C3C2=O)cc1. The standard InChI is InChI=1S/C24H32N4O2/c1-3-16-5-7-17(8-6-16)11-13-27-24(25-2)26-12-4-14-28-22(29)20-18-9-10-19(15-18)21(20)23(28)30/h5-10,18-21H,3-4,11-15H2,1-2H3,(H2,25,26,27). The summed E-state index contributed by atoms with van der Waals surface area (Å²) in [5.74, 6) is 1.19. The zero-order valence-electron chi connectivity index (χ0n) is 17.9. The van der Waals surface area contributed by atoms with Crippen molar-refractivity contribution in [3.05, 3.63) is 47.5 Å². The molecule has 2 N–H and O–H groups in total. The molecule has 160 valence electrons. The number of nitrogens with one attached hydrogen (secondary N) is 2. The predicted molar refractivity (Wildman–Crippen MR) is 118 cm³/mol. The van der Waals surface area contributed by atoms with Crippen LogP contribution in [0.4, 0.5) is 0 Å². The molecule has 1 aromatic rings. The number of aryl methyl sites for hydroxylation is 1. The van der Waals surface area contributed by atoms with E-state index >= 15 is 0 Å². The first-order valence-electron chi connectivity index (χ1n) is 11.2. The highest BCUT2D eigenvalue weighted by atomic mass is 16.2. The first-order chi connectivity index (χ1) is 14.6. The molecule has 1 saturated heterocycles. The summed E-state index contributed by atoms with van der Waals surface area (Å²) in [6, 6.07) is 8.72. The van der Waals surface area contributed by atoms with Crippen molar-refractivity contribution in [2.75, 3.05) is 26.7 Å². The number of guanidine groups is 1. The molecular weight excluding hydrogens is 376 g/mol. The smallest absolute Gasteiger partial charge is 0.233 e. The third-order valence-corrected chi connectivity index (χ3v) is 6.77. The van der Waals surface area contributed by atoms with Crippen molar-refractivity contribution in [1.29, 1.82) is 0 Å². The number of amides is 2. The summed E-state index contributed by atoms with van der Waals surface area (Å²) in [5.41, 5.74) is 2.65. The van der Waals surface area contributed by atoms with Gasteiger partial charge in [0.1, 0.15) is 0 Å². The highest BCUT2D eigenvalue weighted by Gasteiger charge is 2.58. The lowest BCUT2D eigenvalue weighted by Gasteiger charge is -2.18. The minimum atomic E-state index is -0.0960. The maximum absolute atomic E-state index is 12.7. The molecule has 0 aromatic heterocycles. The van der Waals surface area contributed by atoms with E-state index < -0.39 is 0 Å². The number of hydrogen-bond acceptors (Lipinski definition) is 3. The van der Waals surface area contributed by atoms with Gasteiger partial charge in [-0.15, -0.1) is 0 Å². The second-order valence-electron chi connectivity index (χ2n) is 8.53. The van der Waals surface area contributed by atoms with Gasteiger partial charge in [-0.05, 0) is 48.6 Å². The lowest BCUT2D eigenvalue weighted by atomic mass is 9.85. The van der Waals surface area contributed by atoms with Crippen molar-refractivity contribution in [2.45, 2.75) is 32.6 Å². The fourth-order valence-corrected chi connectivity index (χ4v) is 5.12. The highest BCUT2D eigenvalue weighted by molar-refractivity contribution is 6.06. The second-order valence-corrected chi connectivity index (χ2v) is 8.53. The van der Waals surface area contributed by atoms with Crippen molar-refractivity contribution in [2.24, 2.45) is 28.7 Å². The number of imide groups is 1. The minimum absolute atomic E-state index is 0.0402. The van der Waals surface area contributed by atoms with E-state index in [9.17, 15) is 9.59 Å². The number of aliphatic imine (C=N–C) groups is 1. The number of likely N-dealkylation sites (tertiary alicyclic amines) is 1. The van der Waals surface area contributed by atoms with E-state index in [1.807, 2.05) is 0 Å². The maximum atomic E-state index is 12.7. The Hall–Kier alpha value is -2.63. The molecule has 2 bridgehead atoms. The van der Waals surface area contributed by atoms with E-state index in [0.717, 1.165) is 38.2 Å². The molecule has 4 rings (SSSR count). The van der Waals surface area contributed by atoms with Gasteiger partial charge >= 0.3 is 0 Å². The molecule has 1 aromatic carbocycles. The van der Waals surface area contributed by atoms with Gasteiger partial charge in [-0.1, -0.05) is 43.3 Å². The molecule has 2 fully saturated rings. The number of hydrogen-bond donors (Lipinski definition) is 2. The fraction of sp³-hybridized carbons (Fsp3) is 0.542. The quantitative estimate of drug-likeness (QED) is 0.227. The Morgan fingerprint density at radius 3 is 2.20 bits per heavy atom. The van der Waals surface area contributed by atoms with Crippen LogP contribution >= 0.6 is 0 Å². The van der Waals surface area contributed by atoms with Crippen LogP contribution in [-0.2, 0) is 22.4 Å². The molecule has 1 heterocycles. The monoisotopic (exact) mass is 408 g/mol. The summed E-state index contributed by atoms with van der Waals surface area (Å²) < 4.78 is 0. The molecule has 4 atom stereocenters. The number of carbonyl (C=O) groups excluding carboxylic acids is 2. The third kappa shape index (κ3) is 4.00. The molecule has 6 heteroatoms. The van der Waals surface area contributed by atoms with Crippen molar-refractivity contribution >= 4 is 17.8 Å². The van der Waals surface area contributed by atoms with Gasteiger partial charge < -0.3 is 10.6 Å². The Morgan fingerprint density at radius 2 is 1.60 bits per heavy atom. The van der Waals surface area contributed by atoms with Gasteiger partial charge in [0.05, 0.1) is 11.8 Å². The lowest BCUT2D eigenvalue weighted by Crippen LogP contribution is -2.40. The molecule has 2 amide bonds. The van der Waals surface area contributed by atoms with Crippen LogP contribution in [0.3, 0.4) is 0 Å². The van der Waals surface area contributed by atoms with Crippen LogP contribution in [0.1, 0.15) is 30.9 Å². The van der Waals surface area contributed by atoms with E-state index in [1.54, 1.807) is 7.05 Å². The van der Waals surface area contributed by atoms with Crippen molar-refractivity contribution in [3.63, 3.8) is 0 Å². The first kappa shape index (κ1) is 20.6. The van der Waals surface area contributed by atoms with Gasteiger partial charge in [0.2, 0.25) is 11.8 Å². The highest BCUT2D eigenvalue weighted by Crippen LogP contribution is 2.52. The van der Waals surface area contributed by atoms with Crippen LogP contribution < -0.4 is 10.6 Å². The Bertz CT molecular complexity index is 815. The molecule has 1 saturated carbocycles. The van der Waals surface area contributed by atoms with Crippen LogP contribution in [0.2, 0.25) is 0 Å². The van der Waals surface area contributed by atoms with Crippen LogP contribution in [0.25, 0.3) is 0 Å². The Balaban J connectivity index is 1.17. The normalized spacial score (nSPS) is 27.1. The molecule has 4 unspecified atom stereocenters. The van der Waals surface area contributed by atoms with Crippen LogP contribution in [0.5, 0.6) is 0 Å². The average Bonchev–Trinajstić information content (AvgIpc) is 3.45. The Labute approximate surface area is 178 Å². The minimum Gasteiger partial charge on any atom is -0.356 e. The predicted octanol–water partition coefficient (Wildman–Crippen LogP) is 2.15. The van der Waals surface area contributed by atoms with Crippen molar-refractivity contribution in [1.82, 2.24) is 15.5 Å². The van der Waals surface area contributed by atoms with Crippen LogP contribution in [0.15, 0.2) is 41.4 Å². The number of fused-ring (bicyclic) bond motifs is 5. The summed E-state index contributed by atoms with van der Waals surface area (Å²) in [4.78, 5) is 31.2. The van der Waals surface area contributed by atoms with Gasteiger partial charge in [0, 0.05) is 26.7 Å².